The van der Waals surface area contributed by atoms with Gasteiger partial charge in [-0.25, -0.2) is 4.79 Å². The highest BCUT2D eigenvalue weighted by Crippen LogP contribution is 2.29. The second-order valence-electron chi connectivity index (χ2n) is 3.52. The van der Waals surface area contributed by atoms with Crippen molar-refractivity contribution in [3.63, 3.8) is 0 Å². The van der Waals surface area contributed by atoms with Gasteiger partial charge >= 0.3 is 5.97 Å². The maximum absolute atomic E-state index is 11.1. The summed E-state index contributed by atoms with van der Waals surface area (Å²) in [4.78, 5) is 11.1. The number of ether oxygens (including phenoxy) is 1. The Labute approximate surface area is 78.4 Å². The van der Waals surface area contributed by atoms with Crippen LogP contribution in [0.5, 0.6) is 0 Å². The number of methoxy groups -OCH3 is 1. The predicted molar refractivity (Wildman–Crippen MR) is 49.1 cm³/mol. The Morgan fingerprint density at radius 1 is 1.38 bits per heavy atom. The zero-order valence-electron chi connectivity index (χ0n) is 7.95. The highest BCUT2D eigenvalue weighted by atomic mass is 16.5. The molecule has 13 heavy (non-hydrogen) atoms. The van der Waals surface area contributed by atoms with Crippen molar-refractivity contribution in [3.8, 4) is 0 Å². The molecule has 3 heteroatoms. The molecule has 74 valence electrons. The molecule has 0 amide bonds. The van der Waals surface area contributed by atoms with E-state index >= 15 is 0 Å². The zero-order valence-corrected chi connectivity index (χ0v) is 7.95. The molecule has 1 rings (SSSR count). The van der Waals surface area contributed by atoms with Crippen LogP contribution in [0.1, 0.15) is 25.7 Å². The van der Waals surface area contributed by atoms with Crippen LogP contribution < -0.4 is 0 Å². The van der Waals surface area contributed by atoms with E-state index in [-0.39, 0.29) is 18.0 Å². The quantitative estimate of drug-likeness (QED) is 0.519. The predicted octanol–water partition coefficient (Wildman–Crippen LogP) is 1.27. The Hall–Kier alpha value is -0.830. The highest BCUT2D eigenvalue weighted by molar-refractivity contribution is 5.88. The fourth-order valence-electron chi connectivity index (χ4n) is 1.72. The van der Waals surface area contributed by atoms with Crippen molar-refractivity contribution in [2.24, 2.45) is 5.92 Å². The summed E-state index contributed by atoms with van der Waals surface area (Å²) in [6.07, 6.45) is 3.02. The van der Waals surface area contributed by atoms with Crippen LogP contribution in [0.3, 0.4) is 0 Å². The second kappa shape index (κ2) is 4.42. The minimum Gasteiger partial charge on any atom is -0.466 e. The third-order valence-electron chi connectivity index (χ3n) is 2.64. The van der Waals surface area contributed by atoms with Gasteiger partial charge in [0.1, 0.15) is 0 Å². The standard InChI is InChI=1S/C10H16O3/c1-7(10(12)13-2)8-3-5-9(11)6-4-8/h8-9,11H,1,3-6H2,2H3. The largest absolute Gasteiger partial charge is 0.466 e. The van der Waals surface area contributed by atoms with Gasteiger partial charge in [0, 0.05) is 5.57 Å². The SMILES string of the molecule is C=C(C(=O)OC)C1CCC(O)CC1. The third kappa shape index (κ3) is 2.56. The first kappa shape index (κ1) is 10.3. The molecular formula is C10H16O3. The Balaban J connectivity index is 2.44. The molecule has 0 bridgehead atoms. The van der Waals surface area contributed by atoms with Crippen molar-refractivity contribution < 1.29 is 14.6 Å². The molecular weight excluding hydrogens is 168 g/mol. The van der Waals surface area contributed by atoms with Crippen molar-refractivity contribution >= 4 is 5.97 Å². The first-order chi connectivity index (χ1) is 6.15. The lowest BCUT2D eigenvalue weighted by Crippen LogP contribution is -2.22. The van der Waals surface area contributed by atoms with E-state index in [1.165, 1.54) is 7.11 Å². The maximum Gasteiger partial charge on any atom is 0.333 e. The van der Waals surface area contributed by atoms with Gasteiger partial charge in [0.15, 0.2) is 0 Å². The Kier molecular flexibility index (Phi) is 3.48. The van der Waals surface area contributed by atoms with E-state index in [0.717, 1.165) is 25.7 Å². The van der Waals surface area contributed by atoms with Gasteiger partial charge in [-0.15, -0.1) is 0 Å². The smallest absolute Gasteiger partial charge is 0.333 e. The van der Waals surface area contributed by atoms with Crippen molar-refractivity contribution in [1.82, 2.24) is 0 Å². The van der Waals surface area contributed by atoms with Crippen LogP contribution in [0.15, 0.2) is 12.2 Å². The molecule has 1 saturated carbocycles. The Morgan fingerprint density at radius 3 is 2.38 bits per heavy atom. The van der Waals surface area contributed by atoms with E-state index in [4.69, 9.17) is 0 Å². The van der Waals surface area contributed by atoms with E-state index in [1.807, 2.05) is 0 Å². The van der Waals surface area contributed by atoms with Gasteiger partial charge in [0.2, 0.25) is 0 Å². The molecule has 0 saturated heterocycles. The molecule has 0 aromatic rings. The van der Waals surface area contributed by atoms with Crippen LogP contribution in [0.4, 0.5) is 0 Å². The van der Waals surface area contributed by atoms with E-state index in [1.54, 1.807) is 0 Å². The normalized spacial score (nSPS) is 28.2. The van der Waals surface area contributed by atoms with Crippen molar-refractivity contribution in [2.45, 2.75) is 31.8 Å². The fourth-order valence-corrected chi connectivity index (χ4v) is 1.72. The summed E-state index contributed by atoms with van der Waals surface area (Å²) in [5.74, 6) is -0.114. The van der Waals surface area contributed by atoms with E-state index in [2.05, 4.69) is 11.3 Å². The molecule has 0 aromatic heterocycles. The monoisotopic (exact) mass is 184 g/mol. The van der Waals surface area contributed by atoms with E-state index in [0.29, 0.717) is 5.57 Å². The second-order valence-corrected chi connectivity index (χ2v) is 3.52. The molecule has 0 aromatic carbocycles. The molecule has 1 N–H and O–H groups in total. The molecule has 0 unspecified atom stereocenters. The van der Waals surface area contributed by atoms with Crippen LogP contribution in [0.2, 0.25) is 0 Å². The summed E-state index contributed by atoms with van der Waals surface area (Å²) < 4.78 is 4.59. The minimum absolute atomic E-state index is 0.193. The first-order valence-electron chi connectivity index (χ1n) is 4.60. The molecule has 0 aliphatic heterocycles. The van der Waals surface area contributed by atoms with Crippen molar-refractivity contribution in [1.29, 1.82) is 0 Å². The Bertz CT molecular complexity index is 202. The number of carbonyl (C=O) groups excluding carboxylic acids is 1. The Morgan fingerprint density at radius 2 is 1.92 bits per heavy atom. The van der Waals surface area contributed by atoms with Gasteiger partial charge in [-0.05, 0) is 31.6 Å². The van der Waals surface area contributed by atoms with Gasteiger partial charge in [-0.1, -0.05) is 6.58 Å². The number of aliphatic hydroxyl groups is 1. The molecule has 0 spiro atoms. The van der Waals surface area contributed by atoms with Crippen LogP contribution in [-0.2, 0) is 9.53 Å². The van der Waals surface area contributed by atoms with E-state index in [9.17, 15) is 9.90 Å². The van der Waals surface area contributed by atoms with Crippen LogP contribution in [0, 0.1) is 5.92 Å². The lowest BCUT2D eigenvalue weighted by Gasteiger charge is -2.25. The maximum atomic E-state index is 11.1. The third-order valence-corrected chi connectivity index (χ3v) is 2.64. The molecule has 3 nitrogen and oxygen atoms in total. The van der Waals surface area contributed by atoms with Crippen LogP contribution >= 0.6 is 0 Å². The number of esters is 1. The molecule has 0 atom stereocenters. The molecule has 1 fully saturated rings. The summed E-state index contributed by atoms with van der Waals surface area (Å²) in [5.41, 5.74) is 0.550. The number of rotatable bonds is 2. The van der Waals surface area contributed by atoms with E-state index < -0.39 is 0 Å². The number of hydrogen-bond acceptors (Lipinski definition) is 3. The number of aliphatic hydroxyl groups excluding tert-OH is 1. The first-order valence-corrected chi connectivity index (χ1v) is 4.60. The fraction of sp³-hybridized carbons (Fsp3) is 0.700. The number of hydrogen-bond donors (Lipinski definition) is 1. The summed E-state index contributed by atoms with van der Waals surface area (Å²) >= 11 is 0. The average molecular weight is 184 g/mol. The molecule has 1 aliphatic carbocycles. The molecule has 1 aliphatic rings. The van der Waals surface area contributed by atoms with Gasteiger partial charge < -0.3 is 9.84 Å². The lowest BCUT2D eigenvalue weighted by molar-refractivity contribution is -0.136. The van der Waals surface area contributed by atoms with Crippen LogP contribution in [0.25, 0.3) is 0 Å². The zero-order chi connectivity index (χ0) is 9.84. The molecule has 0 radical (unpaired) electrons. The highest BCUT2D eigenvalue weighted by Gasteiger charge is 2.25. The number of carbonyl (C=O) groups is 1. The van der Waals surface area contributed by atoms with Gasteiger partial charge in [0.25, 0.3) is 0 Å². The topological polar surface area (TPSA) is 46.5 Å². The average Bonchev–Trinajstić information content (AvgIpc) is 2.17. The molecule has 0 heterocycles. The summed E-state index contributed by atoms with van der Waals surface area (Å²) in [6.45, 7) is 3.72. The van der Waals surface area contributed by atoms with Gasteiger partial charge in [-0.3, -0.25) is 0 Å². The van der Waals surface area contributed by atoms with Crippen molar-refractivity contribution in [2.75, 3.05) is 7.11 Å². The summed E-state index contributed by atoms with van der Waals surface area (Å²) in [5, 5.41) is 9.26. The van der Waals surface area contributed by atoms with Crippen molar-refractivity contribution in [3.05, 3.63) is 12.2 Å². The summed E-state index contributed by atoms with van der Waals surface area (Å²) in [6, 6.07) is 0. The summed E-state index contributed by atoms with van der Waals surface area (Å²) in [7, 11) is 1.37. The van der Waals surface area contributed by atoms with Gasteiger partial charge in [-0.2, -0.15) is 0 Å². The minimum atomic E-state index is -0.318. The lowest BCUT2D eigenvalue weighted by atomic mass is 9.83. The van der Waals surface area contributed by atoms with Gasteiger partial charge in [0.05, 0.1) is 13.2 Å². The van der Waals surface area contributed by atoms with Crippen LogP contribution in [-0.4, -0.2) is 24.3 Å².